The molecular weight excluding hydrogens is 281 g/mol. The maximum absolute atomic E-state index is 13.1. The molecule has 1 N–H and O–H groups in total. The molecule has 18 heavy (non-hydrogen) atoms. The second-order valence-corrected chi connectivity index (χ2v) is 5.44. The van der Waals surface area contributed by atoms with Crippen LogP contribution in [0.4, 0.5) is 9.52 Å². The molecule has 0 aliphatic rings. The second-order valence-electron chi connectivity index (χ2n) is 3.03. The quantitative estimate of drug-likeness (QED) is 0.891. The van der Waals surface area contributed by atoms with Crippen LogP contribution in [-0.2, 0) is 10.0 Å². The van der Waals surface area contributed by atoms with Crippen molar-refractivity contribution in [2.75, 3.05) is 4.72 Å². The van der Waals surface area contributed by atoms with E-state index in [0.717, 1.165) is 29.7 Å². The normalized spacial score (nSPS) is 10.9. The maximum Gasteiger partial charge on any atom is 0.263 e. The van der Waals surface area contributed by atoms with Gasteiger partial charge < -0.3 is 0 Å². The Labute approximate surface area is 105 Å². The van der Waals surface area contributed by atoms with Gasteiger partial charge in [-0.2, -0.15) is 5.26 Å². The van der Waals surface area contributed by atoms with Gasteiger partial charge in [-0.1, -0.05) is 9.59 Å². The first kappa shape index (κ1) is 12.3. The van der Waals surface area contributed by atoms with E-state index in [-0.39, 0.29) is 15.6 Å². The second kappa shape index (κ2) is 4.63. The highest BCUT2D eigenvalue weighted by Gasteiger charge is 2.18. The zero-order valence-electron chi connectivity index (χ0n) is 8.53. The van der Waals surface area contributed by atoms with Crippen LogP contribution in [0.5, 0.6) is 0 Å². The smallest absolute Gasteiger partial charge is 0.252 e. The fraction of sp³-hybridized carbons (Fsp3) is 0. The highest BCUT2D eigenvalue weighted by atomic mass is 32.2. The van der Waals surface area contributed by atoms with Crippen molar-refractivity contribution in [3.8, 4) is 6.07 Å². The largest absolute Gasteiger partial charge is 0.263 e. The highest BCUT2D eigenvalue weighted by Crippen LogP contribution is 2.18. The molecule has 0 atom stereocenters. The molecular formula is C8H4FN5O2S2. The van der Waals surface area contributed by atoms with Crippen LogP contribution in [0, 0.1) is 17.1 Å². The van der Waals surface area contributed by atoms with Crippen LogP contribution < -0.4 is 4.72 Å². The molecule has 0 bridgehead atoms. The first-order valence-electron chi connectivity index (χ1n) is 4.40. The number of rotatable bonds is 3. The van der Waals surface area contributed by atoms with Crippen molar-refractivity contribution < 1.29 is 12.8 Å². The summed E-state index contributed by atoms with van der Waals surface area (Å²) >= 11 is 0.756. The molecule has 0 saturated carbocycles. The SMILES string of the molecule is N#Cc1cc(S(=O)(=O)Nc2nnns2)ccc1F. The Morgan fingerprint density at radius 3 is 2.83 bits per heavy atom. The van der Waals surface area contributed by atoms with Crippen LogP contribution in [0.1, 0.15) is 5.56 Å². The molecule has 0 spiro atoms. The van der Waals surface area contributed by atoms with Crippen LogP contribution in [0.25, 0.3) is 0 Å². The van der Waals surface area contributed by atoms with Crippen molar-refractivity contribution in [1.29, 1.82) is 5.26 Å². The van der Waals surface area contributed by atoms with Gasteiger partial charge in [0.25, 0.3) is 10.0 Å². The number of benzene rings is 1. The first-order chi connectivity index (χ1) is 8.53. The predicted molar refractivity (Wildman–Crippen MR) is 59.6 cm³/mol. The van der Waals surface area contributed by atoms with Gasteiger partial charge in [-0.15, -0.1) is 0 Å². The number of nitriles is 1. The number of hydrogen-bond acceptors (Lipinski definition) is 7. The Morgan fingerprint density at radius 2 is 2.22 bits per heavy atom. The maximum atomic E-state index is 13.1. The van der Waals surface area contributed by atoms with E-state index in [1.165, 1.54) is 0 Å². The number of hydrogen-bond donors (Lipinski definition) is 1. The van der Waals surface area contributed by atoms with E-state index in [1.807, 2.05) is 0 Å². The third-order valence-corrected chi connectivity index (χ3v) is 3.87. The van der Waals surface area contributed by atoms with Crippen LogP contribution in [-0.4, -0.2) is 23.2 Å². The van der Waals surface area contributed by atoms with Crippen molar-refractivity contribution in [3.05, 3.63) is 29.6 Å². The number of nitrogens with one attached hydrogen (secondary N) is 1. The molecule has 2 aromatic rings. The average molecular weight is 285 g/mol. The summed E-state index contributed by atoms with van der Waals surface area (Å²) < 4.78 is 42.3. The molecule has 2 rings (SSSR count). The Bertz CT molecular complexity index is 708. The molecule has 0 amide bonds. The summed E-state index contributed by atoms with van der Waals surface area (Å²) in [6, 6.07) is 4.46. The average Bonchev–Trinajstić information content (AvgIpc) is 2.81. The van der Waals surface area contributed by atoms with Crippen LogP contribution in [0.2, 0.25) is 0 Å². The lowest BCUT2D eigenvalue weighted by Crippen LogP contribution is -2.13. The lowest BCUT2D eigenvalue weighted by atomic mass is 10.2. The van der Waals surface area contributed by atoms with Crippen molar-refractivity contribution >= 4 is 26.7 Å². The molecule has 1 aromatic carbocycles. The number of halogens is 1. The molecule has 0 fully saturated rings. The van der Waals surface area contributed by atoms with E-state index in [4.69, 9.17) is 5.26 Å². The standard InChI is InChI=1S/C8H4FN5O2S2/c9-7-2-1-6(3-5(7)4-10)18(15,16)12-8-11-13-14-17-8/h1-3H,(H,11,12,14). The Morgan fingerprint density at radius 1 is 1.44 bits per heavy atom. The summed E-state index contributed by atoms with van der Waals surface area (Å²) in [6.45, 7) is 0. The summed E-state index contributed by atoms with van der Waals surface area (Å²) in [5.74, 6) is -0.783. The van der Waals surface area contributed by atoms with Gasteiger partial charge in [-0.05, 0) is 23.4 Å². The van der Waals surface area contributed by atoms with Gasteiger partial charge in [0.2, 0.25) is 5.13 Å². The zero-order chi connectivity index (χ0) is 13.2. The molecule has 0 saturated heterocycles. The van der Waals surface area contributed by atoms with Crippen molar-refractivity contribution in [1.82, 2.24) is 14.8 Å². The molecule has 7 nitrogen and oxygen atoms in total. The molecule has 10 heteroatoms. The molecule has 92 valence electrons. The van der Waals surface area contributed by atoms with E-state index in [9.17, 15) is 12.8 Å². The third kappa shape index (κ3) is 2.41. The Hall–Kier alpha value is -2.12. The molecule has 1 heterocycles. The third-order valence-electron chi connectivity index (χ3n) is 1.89. The lowest BCUT2D eigenvalue weighted by Gasteiger charge is -2.04. The van der Waals surface area contributed by atoms with Gasteiger partial charge in [-0.25, -0.2) is 12.8 Å². The lowest BCUT2D eigenvalue weighted by molar-refractivity contribution is 0.599. The molecule has 0 unspecified atom stereocenters. The predicted octanol–water partition coefficient (Wildman–Crippen LogP) is 0.745. The number of aromatic nitrogens is 3. The molecule has 0 aliphatic carbocycles. The molecule has 0 radical (unpaired) electrons. The summed E-state index contributed by atoms with van der Waals surface area (Å²) in [4.78, 5) is -0.240. The summed E-state index contributed by atoms with van der Waals surface area (Å²) in [6.07, 6.45) is 0. The number of anilines is 1. The summed E-state index contributed by atoms with van der Waals surface area (Å²) in [5, 5.41) is 15.3. The minimum atomic E-state index is -3.93. The van der Waals surface area contributed by atoms with Crippen molar-refractivity contribution in [3.63, 3.8) is 0 Å². The number of sulfonamides is 1. The Balaban J connectivity index is 2.39. The monoisotopic (exact) mass is 285 g/mol. The summed E-state index contributed by atoms with van der Waals surface area (Å²) in [5.41, 5.74) is -0.353. The van der Waals surface area contributed by atoms with Crippen LogP contribution in [0.3, 0.4) is 0 Å². The topological polar surface area (TPSA) is 109 Å². The van der Waals surface area contributed by atoms with Gasteiger partial charge >= 0.3 is 0 Å². The summed E-state index contributed by atoms with van der Waals surface area (Å²) in [7, 11) is -3.93. The van der Waals surface area contributed by atoms with E-state index >= 15 is 0 Å². The van der Waals surface area contributed by atoms with E-state index in [1.54, 1.807) is 6.07 Å². The van der Waals surface area contributed by atoms with Gasteiger partial charge in [-0.3, -0.25) is 4.72 Å². The van der Waals surface area contributed by atoms with Gasteiger partial charge in [0.1, 0.15) is 11.9 Å². The van der Waals surface area contributed by atoms with E-state index in [2.05, 4.69) is 19.5 Å². The van der Waals surface area contributed by atoms with Crippen molar-refractivity contribution in [2.24, 2.45) is 0 Å². The fourth-order valence-electron chi connectivity index (χ4n) is 1.10. The fourth-order valence-corrected chi connectivity index (χ4v) is 2.71. The van der Waals surface area contributed by atoms with Crippen LogP contribution in [0.15, 0.2) is 23.1 Å². The molecule has 0 aliphatic heterocycles. The van der Waals surface area contributed by atoms with E-state index in [0.29, 0.717) is 0 Å². The van der Waals surface area contributed by atoms with Crippen LogP contribution >= 0.6 is 11.5 Å². The van der Waals surface area contributed by atoms with Gasteiger partial charge in [0.05, 0.1) is 10.5 Å². The highest BCUT2D eigenvalue weighted by molar-refractivity contribution is 7.93. The van der Waals surface area contributed by atoms with Crippen molar-refractivity contribution in [2.45, 2.75) is 4.90 Å². The minimum absolute atomic E-state index is 0.0159. The Kier molecular flexibility index (Phi) is 3.17. The van der Waals surface area contributed by atoms with Gasteiger partial charge in [0.15, 0.2) is 0 Å². The van der Waals surface area contributed by atoms with E-state index < -0.39 is 15.8 Å². The minimum Gasteiger partial charge on any atom is -0.252 e. The van der Waals surface area contributed by atoms with Gasteiger partial charge in [0, 0.05) is 11.5 Å². The molecule has 1 aromatic heterocycles. The number of nitrogens with zero attached hydrogens (tertiary/aromatic N) is 4. The zero-order valence-corrected chi connectivity index (χ0v) is 10.2. The first-order valence-corrected chi connectivity index (χ1v) is 6.66.